The molecule has 2 heterocycles. The van der Waals surface area contributed by atoms with Gasteiger partial charge in [-0.15, -0.1) is 0 Å². The van der Waals surface area contributed by atoms with E-state index in [4.69, 9.17) is 6.57 Å². The Kier molecular flexibility index (Phi) is 11.5. The maximum Gasteiger partial charge on any atom is 0.428 e. The van der Waals surface area contributed by atoms with E-state index < -0.39 is 61.8 Å². The van der Waals surface area contributed by atoms with Crippen LogP contribution in [-0.2, 0) is 56.8 Å². The van der Waals surface area contributed by atoms with Gasteiger partial charge in [0.1, 0.15) is 17.2 Å². The van der Waals surface area contributed by atoms with Gasteiger partial charge >= 0.3 is 17.8 Å². The molecule has 5 amide bonds. The molecule has 2 saturated heterocycles. The monoisotopic (exact) mass is 850 g/mol. The smallest absolute Gasteiger partial charge is 0.428 e. The van der Waals surface area contributed by atoms with Gasteiger partial charge in [0.25, 0.3) is 5.91 Å². The number of phenolic OH excluding ortho intramolecular Hbond substituents is 3. The summed E-state index contributed by atoms with van der Waals surface area (Å²) in [5.41, 5.74) is 0.747. The third-order valence-electron chi connectivity index (χ3n) is 12.5. The van der Waals surface area contributed by atoms with E-state index in [0.29, 0.717) is 38.9 Å². The van der Waals surface area contributed by atoms with Gasteiger partial charge in [-0.1, -0.05) is 131 Å². The van der Waals surface area contributed by atoms with Crippen molar-refractivity contribution in [3.05, 3.63) is 97.9 Å². The summed E-state index contributed by atoms with van der Waals surface area (Å²) < 4.78 is 0. The summed E-state index contributed by atoms with van der Waals surface area (Å²) in [6.07, 6.45) is -0.201. The normalized spacial score (nSPS) is 20.2. The number of urea groups is 2. The minimum absolute atomic E-state index is 0.0930. The second-order valence-electron chi connectivity index (χ2n) is 23.8. The van der Waals surface area contributed by atoms with Crippen molar-refractivity contribution in [1.29, 1.82) is 0 Å². The van der Waals surface area contributed by atoms with Crippen LogP contribution in [0, 0.1) is 6.57 Å². The Balaban J connectivity index is 1.90. The van der Waals surface area contributed by atoms with Crippen molar-refractivity contribution in [2.75, 3.05) is 0 Å². The van der Waals surface area contributed by atoms with Crippen molar-refractivity contribution < 1.29 is 29.7 Å². The van der Waals surface area contributed by atoms with Gasteiger partial charge in [-0.25, -0.2) is 26.4 Å². The number of nitrogens with one attached hydrogen (secondary N) is 2. The van der Waals surface area contributed by atoms with Crippen molar-refractivity contribution in [2.45, 2.75) is 188 Å². The Labute approximate surface area is 370 Å². The van der Waals surface area contributed by atoms with Gasteiger partial charge in [-0.2, -0.15) is 0 Å². The average Bonchev–Trinajstić information content (AvgIpc) is 3.39. The summed E-state index contributed by atoms with van der Waals surface area (Å²) in [6.45, 7) is 44.4. The van der Waals surface area contributed by atoms with Gasteiger partial charge in [-0.3, -0.25) is 14.5 Å². The van der Waals surface area contributed by atoms with Crippen molar-refractivity contribution >= 4 is 18.0 Å². The number of carbonyl (C=O) groups is 3. The Morgan fingerprint density at radius 3 is 1.21 bits per heavy atom. The van der Waals surface area contributed by atoms with E-state index >= 15 is 9.59 Å². The number of rotatable bonds is 6. The third-order valence-corrected chi connectivity index (χ3v) is 12.5. The van der Waals surface area contributed by atoms with E-state index in [1.54, 1.807) is 18.2 Å². The van der Waals surface area contributed by atoms with Crippen molar-refractivity contribution in [2.24, 2.45) is 0 Å². The van der Waals surface area contributed by atoms with Gasteiger partial charge in [0.2, 0.25) is 5.54 Å². The van der Waals surface area contributed by atoms with Crippen molar-refractivity contribution in [3.63, 3.8) is 0 Å². The minimum Gasteiger partial charge on any atom is -0.508 e. The topological polar surface area (TPSA) is 147 Å². The molecule has 0 aliphatic carbocycles. The lowest BCUT2D eigenvalue weighted by molar-refractivity contribution is -0.146. The first-order valence-corrected chi connectivity index (χ1v) is 21.6. The SMILES string of the molecule is [C-]#[N+]C12NC(=O)NC1(Cc1cc(C(C)(C)C)c(O)cc1C(C)(C)C)C(=O)N(Cc1cc(C(C)(C)C)c(O)cc1C(C)(C)C)C(=O)N2Cc1cc(C(C)(C)C)c(O)cc1C(C)(C)C. The number of amides is 5. The van der Waals surface area contributed by atoms with E-state index in [2.05, 4.69) is 15.5 Å². The van der Waals surface area contributed by atoms with Crippen LogP contribution in [0.5, 0.6) is 17.2 Å². The van der Waals surface area contributed by atoms with Gasteiger partial charge < -0.3 is 20.6 Å². The molecule has 0 radical (unpaired) electrons. The molecule has 0 aromatic heterocycles. The average molecular weight is 850 g/mol. The van der Waals surface area contributed by atoms with E-state index in [-0.39, 0.29) is 36.8 Å². The van der Waals surface area contributed by atoms with Crippen molar-refractivity contribution in [1.82, 2.24) is 20.4 Å². The van der Waals surface area contributed by atoms with Gasteiger partial charge in [0, 0.05) is 6.42 Å². The molecule has 62 heavy (non-hydrogen) atoms. The first-order chi connectivity index (χ1) is 27.9. The Hall–Kier alpha value is -5.24. The van der Waals surface area contributed by atoms with Gasteiger partial charge in [-0.05, 0) is 113 Å². The number of imide groups is 1. The molecule has 3 aromatic rings. The number of nitrogens with zero attached hydrogens (tertiary/aromatic N) is 3. The molecule has 5 N–H and O–H groups in total. The molecule has 2 fully saturated rings. The number of aromatic hydroxyl groups is 3. The molecule has 2 unspecified atom stereocenters. The highest BCUT2D eigenvalue weighted by molar-refractivity contribution is 6.08. The van der Waals surface area contributed by atoms with Crippen LogP contribution in [0.15, 0.2) is 36.4 Å². The summed E-state index contributed by atoms with van der Waals surface area (Å²) in [6, 6.07) is 9.17. The molecule has 2 atom stereocenters. The van der Waals surface area contributed by atoms with Crippen LogP contribution in [0.25, 0.3) is 4.85 Å². The lowest BCUT2D eigenvalue weighted by Gasteiger charge is -2.48. The van der Waals surface area contributed by atoms with Crippen LogP contribution < -0.4 is 10.6 Å². The highest BCUT2D eigenvalue weighted by Gasteiger charge is 2.78. The largest absolute Gasteiger partial charge is 0.508 e. The molecule has 336 valence electrons. The van der Waals surface area contributed by atoms with Crippen LogP contribution >= 0.6 is 0 Å². The predicted octanol–water partition coefficient (Wildman–Crippen LogP) is 10.4. The fourth-order valence-corrected chi connectivity index (χ4v) is 9.26. The van der Waals surface area contributed by atoms with E-state index in [1.165, 1.54) is 4.90 Å². The number of benzene rings is 3. The third kappa shape index (κ3) is 8.34. The van der Waals surface area contributed by atoms with Crippen LogP contribution in [0.4, 0.5) is 9.59 Å². The molecule has 5 rings (SSSR count). The fourth-order valence-electron chi connectivity index (χ4n) is 9.26. The molecule has 11 heteroatoms. The zero-order chi connectivity index (χ0) is 47.3. The summed E-state index contributed by atoms with van der Waals surface area (Å²) in [5, 5.41) is 40.0. The van der Waals surface area contributed by atoms with E-state index in [0.717, 1.165) is 16.0 Å². The lowest BCUT2D eigenvalue weighted by Crippen LogP contribution is -2.80. The number of hydrogen-bond donors (Lipinski definition) is 5. The standard InChI is InChI=1S/C51H71N5O6/c1-44(2,3)32-23-38(57)35(47(10,11)12)20-29(32)26-50-41(60)55(27-30-21-36(48(13,14)15)39(58)24-33(30)45(4,5)6)43(62)56(51(50,52-19)54-42(61)53-50)28-31-22-37(49(16,17)18)40(59)25-34(31)46(7,8)9/h20-25,57-59H,26-28H2,1-18H3,(H2,53,54,61). The number of carbonyl (C=O) groups excluding carboxylic acids is 3. The maximum absolute atomic E-state index is 15.9. The second kappa shape index (κ2) is 14.9. The second-order valence-corrected chi connectivity index (χ2v) is 23.8. The van der Waals surface area contributed by atoms with Crippen LogP contribution in [0.1, 0.15) is 175 Å². The number of fused-ring (bicyclic) bond motifs is 1. The summed E-state index contributed by atoms with van der Waals surface area (Å²) >= 11 is 0. The Morgan fingerprint density at radius 1 is 0.516 bits per heavy atom. The molecule has 2 aliphatic rings. The number of hydrogen-bond acceptors (Lipinski definition) is 6. The Bertz CT molecular complexity index is 2370. The van der Waals surface area contributed by atoms with Crippen LogP contribution in [0.3, 0.4) is 0 Å². The first kappa shape index (κ1) is 47.8. The minimum atomic E-state index is -2.27. The highest BCUT2D eigenvalue weighted by Crippen LogP contribution is 2.48. The zero-order valence-electron chi connectivity index (χ0n) is 40.5. The Morgan fingerprint density at radius 2 is 0.855 bits per heavy atom. The first-order valence-electron chi connectivity index (χ1n) is 21.6. The summed E-state index contributed by atoms with van der Waals surface area (Å²) in [5.74, 6) is -2.73. The van der Waals surface area contributed by atoms with E-state index in [1.807, 2.05) is 143 Å². The van der Waals surface area contributed by atoms with Gasteiger partial charge in [0.05, 0.1) is 13.1 Å². The van der Waals surface area contributed by atoms with Crippen LogP contribution in [-0.4, -0.2) is 54.4 Å². The molecule has 0 spiro atoms. The molecule has 0 saturated carbocycles. The fraction of sp³-hybridized carbons (Fsp3) is 0.569. The molecule has 2 aliphatic heterocycles. The number of phenols is 3. The quantitative estimate of drug-likeness (QED) is 0.156. The molecule has 11 nitrogen and oxygen atoms in total. The highest BCUT2D eigenvalue weighted by atomic mass is 16.3. The molecule has 3 aromatic carbocycles. The zero-order valence-corrected chi connectivity index (χ0v) is 40.5. The van der Waals surface area contributed by atoms with E-state index in [9.17, 15) is 20.1 Å². The summed E-state index contributed by atoms with van der Waals surface area (Å²) in [4.78, 5) is 52.2. The molecule has 0 bridgehead atoms. The summed E-state index contributed by atoms with van der Waals surface area (Å²) in [7, 11) is 0. The molecular weight excluding hydrogens is 779 g/mol. The maximum atomic E-state index is 15.9. The lowest BCUT2D eigenvalue weighted by atomic mass is 9.73. The van der Waals surface area contributed by atoms with Crippen LogP contribution in [0.2, 0.25) is 0 Å². The molecular formula is C51H71N5O6. The van der Waals surface area contributed by atoms with Crippen molar-refractivity contribution in [3.8, 4) is 17.2 Å². The predicted molar refractivity (Wildman–Crippen MR) is 245 cm³/mol. The van der Waals surface area contributed by atoms with Gasteiger partial charge in [0.15, 0.2) is 0 Å².